The number of aromatic amines is 1. The Morgan fingerprint density at radius 3 is 2.85 bits per heavy atom. The molecule has 2 unspecified atom stereocenters. The van der Waals surface area contributed by atoms with Crippen LogP contribution in [0, 0.1) is 0 Å². The van der Waals surface area contributed by atoms with Gasteiger partial charge in [0.15, 0.2) is 0 Å². The molecule has 202 valence electrons. The van der Waals surface area contributed by atoms with Gasteiger partial charge in [-0.15, -0.1) is 0 Å². The van der Waals surface area contributed by atoms with Crippen LogP contribution in [0.4, 0.5) is 21.0 Å². The minimum Gasteiger partial charge on any atom is -0.453 e. The van der Waals surface area contributed by atoms with Crippen molar-refractivity contribution < 1.29 is 19.1 Å². The highest BCUT2D eigenvalue weighted by molar-refractivity contribution is 6.30. The number of hydrogen-bond acceptors (Lipinski definition) is 5. The molecule has 2 atom stereocenters. The van der Waals surface area contributed by atoms with Crippen molar-refractivity contribution in [2.75, 3.05) is 24.3 Å². The zero-order valence-corrected chi connectivity index (χ0v) is 22.1. The average Bonchev–Trinajstić information content (AvgIpc) is 3.40. The number of halogens is 1. The van der Waals surface area contributed by atoms with Crippen molar-refractivity contribution in [3.8, 4) is 11.3 Å². The van der Waals surface area contributed by atoms with Crippen molar-refractivity contribution in [1.29, 1.82) is 0 Å². The molecule has 4 N–H and O–H groups in total. The van der Waals surface area contributed by atoms with Gasteiger partial charge in [-0.2, -0.15) is 0 Å². The first-order valence-electron chi connectivity index (χ1n) is 12.7. The molecule has 0 saturated carbocycles. The molecule has 0 aliphatic carbocycles. The number of rotatable bonds is 3. The van der Waals surface area contributed by atoms with Gasteiger partial charge in [0.1, 0.15) is 5.82 Å². The number of anilines is 2. The Balaban J connectivity index is 1.43. The summed E-state index contributed by atoms with van der Waals surface area (Å²) in [5.41, 5.74) is 3.34. The lowest BCUT2D eigenvalue weighted by atomic mass is 10.0. The Bertz CT molecular complexity index is 1420. The number of imidazole rings is 1. The van der Waals surface area contributed by atoms with Crippen LogP contribution in [0.1, 0.15) is 49.2 Å². The molecular formula is C28H29ClN6O4. The van der Waals surface area contributed by atoms with E-state index in [-0.39, 0.29) is 30.4 Å². The Hall–Kier alpha value is -4.31. The van der Waals surface area contributed by atoms with Crippen LogP contribution in [0.2, 0.25) is 5.02 Å². The summed E-state index contributed by atoms with van der Waals surface area (Å²) in [7, 11) is 1.28. The van der Waals surface area contributed by atoms with Crippen LogP contribution < -0.4 is 16.0 Å². The molecule has 2 aliphatic heterocycles. The summed E-state index contributed by atoms with van der Waals surface area (Å²) >= 11 is 6.16. The predicted octanol–water partition coefficient (Wildman–Crippen LogP) is 5.78. The number of fused-ring (bicyclic) bond motifs is 4. The number of nitrogens with one attached hydrogen (secondary N) is 4. The van der Waals surface area contributed by atoms with Crippen LogP contribution in [-0.4, -0.2) is 46.6 Å². The van der Waals surface area contributed by atoms with Gasteiger partial charge in [0.2, 0.25) is 5.91 Å². The number of carbonyl (C=O) groups is 3. The molecule has 0 radical (unpaired) electrons. The summed E-state index contributed by atoms with van der Waals surface area (Å²) in [4.78, 5) is 47.5. The van der Waals surface area contributed by atoms with Crippen LogP contribution in [-0.2, 0) is 9.53 Å². The van der Waals surface area contributed by atoms with Gasteiger partial charge >= 0.3 is 12.1 Å². The van der Waals surface area contributed by atoms with E-state index in [9.17, 15) is 14.4 Å². The molecular weight excluding hydrogens is 520 g/mol. The van der Waals surface area contributed by atoms with Gasteiger partial charge in [-0.3, -0.25) is 10.1 Å². The van der Waals surface area contributed by atoms with E-state index < -0.39 is 6.09 Å². The minimum atomic E-state index is -0.611. The second-order valence-corrected chi connectivity index (χ2v) is 9.84. The fraction of sp³-hybridized carbons (Fsp3) is 0.286. The molecule has 2 aromatic carbocycles. The van der Waals surface area contributed by atoms with Crippen LogP contribution in [0.3, 0.4) is 0 Å². The summed E-state index contributed by atoms with van der Waals surface area (Å²) in [6.07, 6.45) is 7.09. The molecule has 3 aromatic rings. The van der Waals surface area contributed by atoms with Gasteiger partial charge in [0.05, 0.1) is 36.8 Å². The number of amides is 4. The Kier molecular flexibility index (Phi) is 7.83. The number of aromatic nitrogens is 2. The van der Waals surface area contributed by atoms with Crippen LogP contribution in [0.25, 0.3) is 11.3 Å². The van der Waals surface area contributed by atoms with Crippen molar-refractivity contribution in [3.63, 3.8) is 0 Å². The van der Waals surface area contributed by atoms with Crippen molar-refractivity contribution >= 4 is 41.0 Å². The first-order valence-corrected chi connectivity index (χ1v) is 13.1. The third-order valence-corrected chi connectivity index (χ3v) is 7.07. The maximum absolute atomic E-state index is 13.3. The molecule has 1 fully saturated rings. The highest BCUT2D eigenvalue weighted by Gasteiger charge is 2.33. The molecule has 2 aliphatic rings. The lowest BCUT2D eigenvalue weighted by molar-refractivity contribution is -0.116. The van der Waals surface area contributed by atoms with E-state index in [1.165, 1.54) is 7.11 Å². The van der Waals surface area contributed by atoms with E-state index in [2.05, 4.69) is 30.7 Å². The second kappa shape index (κ2) is 11.6. The zero-order valence-electron chi connectivity index (χ0n) is 21.4. The summed E-state index contributed by atoms with van der Waals surface area (Å²) < 4.78 is 4.68. The highest BCUT2D eigenvalue weighted by Crippen LogP contribution is 2.34. The lowest BCUT2D eigenvalue weighted by Gasteiger charge is -2.37. The maximum Gasteiger partial charge on any atom is 0.411 e. The molecule has 0 spiro atoms. The fourth-order valence-corrected chi connectivity index (χ4v) is 5.07. The topological polar surface area (TPSA) is 128 Å². The number of ether oxygens (including phenoxy) is 1. The number of nitrogens with zero attached hydrogens (tertiary/aromatic N) is 2. The van der Waals surface area contributed by atoms with E-state index in [1.807, 2.05) is 36.4 Å². The smallest absolute Gasteiger partial charge is 0.411 e. The monoisotopic (exact) mass is 548 g/mol. The SMILES string of the molecule is COC(=O)Nc1ccc2c(c1)NC(=O)CC/C=C/CC(N1CCC(c3cccc(Cl)c3)NC1=O)c1ncc-2[nH]1. The standard InChI is InChI=1S/C28H29ClN6O4/c1-39-28(38)31-19-10-11-20-22(15-19)32-25(36)9-4-2-3-8-24(26-30-16-23(20)33-26)35-13-12-21(34-27(35)37)17-6-5-7-18(29)14-17/h2-3,5-7,10-11,14-16,21,24H,4,8-9,12-13H2,1H3,(H,30,33)(H,31,38)(H,32,36)(H,34,37)/b3-2+. The van der Waals surface area contributed by atoms with Gasteiger partial charge in [0, 0.05) is 29.2 Å². The molecule has 5 rings (SSSR count). The summed E-state index contributed by atoms with van der Waals surface area (Å²) in [6.45, 7) is 0.538. The number of methoxy groups -OCH3 is 1. The maximum atomic E-state index is 13.3. The van der Waals surface area contributed by atoms with Crippen molar-refractivity contribution in [3.05, 3.63) is 77.2 Å². The quantitative estimate of drug-likeness (QED) is 0.308. The number of allylic oxidation sites excluding steroid dienone is 1. The molecule has 10 nitrogen and oxygen atoms in total. The van der Waals surface area contributed by atoms with Crippen LogP contribution >= 0.6 is 11.6 Å². The first kappa shape index (κ1) is 26.3. The number of benzene rings is 2. The Morgan fingerprint density at radius 1 is 1.18 bits per heavy atom. The van der Waals surface area contributed by atoms with Gasteiger partial charge in [-0.1, -0.05) is 35.9 Å². The largest absolute Gasteiger partial charge is 0.453 e. The molecule has 3 heterocycles. The van der Waals surface area contributed by atoms with E-state index in [4.69, 9.17) is 11.6 Å². The van der Waals surface area contributed by atoms with Gasteiger partial charge in [-0.05, 0) is 55.2 Å². The van der Waals surface area contributed by atoms with Crippen LogP contribution in [0.15, 0.2) is 60.8 Å². The minimum absolute atomic E-state index is 0.123. The lowest BCUT2D eigenvalue weighted by Crippen LogP contribution is -2.49. The fourth-order valence-electron chi connectivity index (χ4n) is 4.87. The van der Waals surface area contributed by atoms with Crippen molar-refractivity contribution in [1.82, 2.24) is 20.2 Å². The number of H-pyrrole nitrogens is 1. The highest BCUT2D eigenvalue weighted by atomic mass is 35.5. The van der Waals surface area contributed by atoms with E-state index in [1.54, 1.807) is 29.3 Å². The van der Waals surface area contributed by atoms with Crippen LogP contribution in [0.5, 0.6) is 0 Å². The van der Waals surface area contributed by atoms with Crippen molar-refractivity contribution in [2.24, 2.45) is 0 Å². The van der Waals surface area contributed by atoms with E-state index >= 15 is 0 Å². The molecule has 4 amide bonds. The number of carbonyl (C=O) groups excluding carboxylic acids is 3. The zero-order chi connectivity index (χ0) is 27.4. The number of hydrogen-bond donors (Lipinski definition) is 4. The van der Waals surface area contributed by atoms with Gasteiger partial charge < -0.3 is 25.3 Å². The summed E-state index contributed by atoms with van der Waals surface area (Å²) in [5, 5.41) is 9.31. The summed E-state index contributed by atoms with van der Waals surface area (Å²) in [6, 6.07) is 12.1. The molecule has 39 heavy (non-hydrogen) atoms. The van der Waals surface area contributed by atoms with Gasteiger partial charge in [-0.25, -0.2) is 14.6 Å². The molecule has 1 saturated heterocycles. The third-order valence-electron chi connectivity index (χ3n) is 6.84. The van der Waals surface area contributed by atoms with E-state index in [0.717, 1.165) is 12.0 Å². The third kappa shape index (κ3) is 6.06. The average molecular weight is 549 g/mol. The second-order valence-electron chi connectivity index (χ2n) is 9.41. The normalized spacial score (nSPS) is 20.3. The summed E-state index contributed by atoms with van der Waals surface area (Å²) in [5.74, 6) is 0.480. The van der Waals surface area contributed by atoms with E-state index in [0.29, 0.717) is 52.9 Å². The number of urea groups is 1. The van der Waals surface area contributed by atoms with Crippen molar-refractivity contribution in [2.45, 2.75) is 37.8 Å². The molecule has 2 bridgehead atoms. The first-order chi connectivity index (χ1) is 18.9. The van der Waals surface area contributed by atoms with Gasteiger partial charge in [0.25, 0.3) is 0 Å². The predicted molar refractivity (Wildman–Crippen MR) is 148 cm³/mol. The Morgan fingerprint density at radius 2 is 2.05 bits per heavy atom. The Labute approximate surface area is 230 Å². The molecule has 11 heteroatoms. The molecule has 1 aromatic heterocycles.